The van der Waals surface area contributed by atoms with Crippen molar-refractivity contribution in [1.29, 1.82) is 0 Å². The Morgan fingerprint density at radius 1 is 1.23 bits per heavy atom. The summed E-state index contributed by atoms with van der Waals surface area (Å²) in [5.74, 6) is -0.185. The average Bonchev–Trinajstić information content (AvgIpc) is 3.13. The van der Waals surface area contributed by atoms with Crippen LogP contribution in [0.15, 0.2) is 24.3 Å². The molecule has 2 N–H and O–H groups in total. The number of nitrogens with one attached hydrogen (secondary N) is 2. The zero-order valence-corrected chi connectivity index (χ0v) is 18.7. The number of amides is 3. The number of likely N-dealkylation sites (tertiary alicyclic amines) is 1. The number of benzene rings is 1. The van der Waals surface area contributed by atoms with Gasteiger partial charge in [0.15, 0.2) is 0 Å². The van der Waals surface area contributed by atoms with Gasteiger partial charge in [-0.25, -0.2) is 4.39 Å². The summed E-state index contributed by atoms with van der Waals surface area (Å²) in [7, 11) is 0. The van der Waals surface area contributed by atoms with E-state index in [9.17, 15) is 18.8 Å². The van der Waals surface area contributed by atoms with Gasteiger partial charge in [-0.2, -0.15) is 0 Å². The Morgan fingerprint density at radius 2 is 2.00 bits per heavy atom. The summed E-state index contributed by atoms with van der Waals surface area (Å²) in [6.45, 7) is 7.00. The van der Waals surface area contributed by atoms with Crippen molar-refractivity contribution >= 4 is 17.7 Å². The highest BCUT2D eigenvalue weighted by Crippen LogP contribution is 2.09. The first-order chi connectivity index (χ1) is 14.9. The van der Waals surface area contributed by atoms with Crippen LogP contribution < -0.4 is 10.6 Å². The molecule has 1 heterocycles. The van der Waals surface area contributed by atoms with Crippen LogP contribution in [0.25, 0.3) is 0 Å². The van der Waals surface area contributed by atoms with Crippen molar-refractivity contribution in [2.75, 3.05) is 45.8 Å². The van der Waals surface area contributed by atoms with E-state index >= 15 is 0 Å². The third-order valence-corrected chi connectivity index (χ3v) is 5.18. The van der Waals surface area contributed by atoms with E-state index in [1.807, 2.05) is 18.7 Å². The lowest BCUT2D eigenvalue weighted by atomic mass is 10.1. The van der Waals surface area contributed by atoms with Crippen LogP contribution in [-0.2, 0) is 20.8 Å². The molecule has 0 saturated carbocycles. The van der Waals surface area contributed by atoms with Crippen molar-refractivity contribution in [2.24, 2.45) is 5.92 Å². The minimum atomic E-state index is -0.247. The SMILES string of the molecule is CC(C)CN(CC(=O)NCCCN1CCCC1=O)C(=O)CNCCc1ccccc1F. The number of rotatable bonds is 13. The molecule has 1 aliphatic rings. The van der Waals surface area contributed by atoms with Crippen molar-refractivity contribution in [2.45, 2.75) is 39.5 Å². The number of carbonyl (C=O) groups is 3. The molecule has 0 atom stereocenters. The minimum absolute atomic E-state index is 0.00858. The summed E-state index contributed by atoms with van der Waals surface area (Å²) in [5, 5.41) is 5.89. The van der Waals surface area contributed by atoms with E-state index in [1.165, 1.54) is 6.07 Å². The molecule has 0 aromatic heterocycles. The van der Waals surface area contributed by atoms with Crippen LogP contribution in [0.2, 0.25) is 0 Å². The Kier molecular flexibility index (Phi) is 10.4. The first-order valence-electron chi connectivity index (χ1n) is 11.1. The van der Waals surface area contributed by atoms with Crippen molar-refractivity contribution in [3.05, 3.63) is 35.6 Å². The molecular formula is C23H35FN4O3. The highest BCUT2D eigenvalue weighted by atomic mass is 19.1. The Bertz CT molecular complexity index is 741. The van der Waals surface area contributed by atoms with E-state index in [-0.39, 0.29) is 42.5 Å². The summed E-state index contributed by atoms with van der Waals surface area (Å²) in [6, 6.07) is 6.59. The van der Waals surface area contributed by atoms with Gasteiger partial charge in [-0.15, -0.1) is 0 Å². The zero-order chi connectivity index (χ0) is 22.6. The fraction of sp³-hybridized carbons (Fsp3) is 0.609. The summed E-state index contributed by atoms with van der Waals surface area (Å²) >= 11 is 0. The third-order valence-electron chi connectivity index (χ3n) is 5.18. The molecule has 1 aromatic rings. The van der Waals surface area contributed by atoms with Gasteiger partial charge in [0.2, 0.25) is 17.7 Å². The van der Waals surface area contributed by atoms with E-state index in [0.29, 0.717) is 51.0 Å². The maximum atomic E-state index is 13.7. The Morgan fingerprint density at radius 3 is 2.68 bits per heavy atom. The lowest BCUT2D eigenvalue weighted by molar-refractivity contribution is -0.135. The number of nitrogens with zero attached hydrogens (tertiary/aromatic N) is 2. The normalized spacial score (nSPS) is 13.7. The molecule has 7 nitrogen and oxygen atoms in total. The third kappa shape index (κ3) is 9.04. The van der Waals surface area contributed by atoms with Crippen molar-refractivity contribution in [1.82, 2.24) is 20.4 Å². The van der Waals surface area contributed by atoms with Gasteiger partial charge in [-0.05, 0) is 43.4 Å². The molecule has 0 unspecified atom stereocenters. The highest BCUT2D eigenvalue weighted by Gasteiger charge is 2.20. The van der Waals surface area contributed by atoms with Crippen LogP contribution in [0.1, 0.15) is 38.7 Å². The summed E-state index contributed by atoms with van der Waals surface area (Å²) in [6.07, 6.45) is 2.72. The second kappa shape index (κ2) is 13.0. The first kappa shape index (κ1) is 24.8. The van der Waals surface area contributed by atoms with Gasteiger partial charge in [-0.1, -0.05) is 32.0 Å². The molecule has 0 bridgehead atoms. The minimum Gasteiger partial charge on any atom is -0.354 e. The van der Waals surface area contributed by atoms with Crippen LogP contribution in [0.5, 0.6) is 0 Å². The van der Waals surface area contributed by atoms with Crippen molar-refractivity contribution in [3.8, 4) is 0 Å². The quantitative estimate of drug-likeness (QED) is 0.462. The second-order valence-electron chi connectivity index (χ2n) is 8.37. The van der Waals surface area contributed by atoms with Gasteiger partial charge >= 0.3 is 0 Å². The molecule has 1 aliphatic heterocycles. The highest BCUT2D eigenvalue weighted by molar-refractivity contribution is 5.85. The number of hydrogen-bond acceptors (Lipinski definition) is 4. The summed E-state index contributed by atoms with van der Waals surface area (Å²) in [5.41, 5.74) is 0.608. The summed E-state index contributed by atoms with van der Waals surface area (Å²) in [4.78, 5) is 39.9. The molecule has 172 valence electrons. The molecule has 1 aromatic carbocycles. The zero-order valence-electron chi connectivity index (χ0n) is 18.7. The molecule has 3 amide bonds. The molecule has 0 aliphatic carbocycles. The van der Waals surface area contributed by atoms with Crippen LogP contribution in [0.3, 0.4) is 0 Å². The van der Waals surface area contributed by atoms with Gasteiger partial charge in [0.05, 0.1) is 13.1 Å². The molecular weight excluding hydrogens is 399 g/mol. The smallest absolute Gasteiger partial charge is 0.239 e. The van der Waals surface area contributed by atoms with Crippen LogP contribution in [-0.4, -0.2) is 73.3 Å². The van der Waals surface area contributed by atoms with Crippen LogP contribution in [0, 0.1) is 11.7 Å². The monoisotopic (exact) mass is 434 g/mol. The molecule has 8 heteroatoms. The average molecular weight is 435 g/mol. The van der Waals surface area contributed by atoms with Crippen molar-refractivity contribution in [3.63, 3.8) is 0 Å². The molecule has 1 fully saturated rings. The fourth-order valence-electron chi connectivity index (χ4n) is 3.59. The van der Waals surface area contributed by atoms with E-state index in [2.05, 4.69) is 10.6 Å². The lowest BCUT2D eigenvalue weighted by Crippen LogP contribution is -2.46. The van der Waals surface area contributed by atoms with E-state index in [1.54, 1.807) is 23.1 Å². The topological polar surface area (TPSA) is 81.8 Å². The maximum Gasteiger partial charge on any atom is 0.239 e. The first-order valence-corrected chi connectivity index (χ1v) is 11.1. The van der Waals surface area contributed by atoms with Gasteiger partial charge in [0, 0.05) is 32.6 Å². The van der Waals surface area contributed by atoms with Crippen LogP contribution in [0.4, 0.5) is 4.39 Å². The number of halogens is 1. The molecule has 2 rings (SSSR count). The van der Waals surface area contributed by atoms with E-state index in [0.717, 1.165) is 13.0 Å². The maximum absolute atomic E-state index is 13.7. The van der Waals surface area contributed by atoms with Gasteiger partial charge in [-0.3, -0.25) is 14.4 Å². The van der Waals surface area contributed by atoms with Gasteiger partial charge < -0.3 is 20.4 Å². The Balaban J connectivity index is 1.69. The van der Waals surface area contributed by atoms with Crippen molar-refractivity contribution < 1.29 is 18.8 Å². The molecule has 0 spiro atoms. The van der Waals surface area contributed by atoms with Crippen LogP contribution >= 0.6 is 0 Å². The fourth-order valence-corrected chi connectivity index (χ4v) is 3.59. The lowest BCUT2D eigenvalue weighted by Gasteiger charge is -2.24. The second-order valence-corrected chi connectivity index (χ2v) is 8.37. The molecule has 1 saturated heterocycles. The summed E-state index contributed by atoms with van der Waals surface area (Å²) < 4.78 is 13.7. The van der Waals surface area contributed by atoms with Gasteiger partial charge in [0.25, 0.3) is 0 Å². The van der Waals surface area contributed by atoms with E-state index < -0.39 is 0 Å². The number of hydrogen-bond donors (Lipinski definition) is 2. The predicted octanol–water partition coefficient (Wildman–Crippen LogP) is 1.57. The molecule has 31 heavy (non-hydrogen) atoms. The predicted molar refractivity (Wildman–Crippen MR) is 118 cm³/mol. The largest absolute Gasteiger partial charge is 0.354 e. The Hall–Kier alpha value is -2.48. The van der Waals surface area contributed by atoms with Gasteiger partial charge in [0.1, 0.15) is 5.82 Å². The number of carbonyl (C=O) groups excluding carboxylic acids is 3. The standard InChI is InChI=1S/C23H35FN4O3/c1-18(2)16-28(17-21(29)26-11-6-14-27-13-5-9-22(27)30)23(31)15-25-12-10-19-7-3-4-8-20(19)24/h3-4,7-8,18,25H,5-6,9-17H2,1-2H3,(H,26,29). The Labute approximate surface area is 184 Å². The molecule has 0 radical (unpaired) electrons. The van der Waals surface area contributed by atoms with E-state index in [4.69, 9.17) is 0 Å².